The Morgan fingerprint density at radius 1 is 1.29 bits per heavy atom. The van der Waals surface area contributed by atoms with Crippen molar-refractivity contribution >= 4 is 11.8 Å². The van der Waals surface area contributed by atoms with Crippen LogP contribution in [-0.2, 0) is 16.1 Å². The van der Waals surface area contributed by atoms with Crippen LogP contribution < -0.4 is 11.1 Å². The second-order valence-corrected chi connectivity index (χ2v) is 6.38. The topological polar surface area (TPSA) is 75.4 Å². The molecule has 1 fully saturated rings. The quantitative estimate of drug-likeness (QED) is 0.832. The monoisotopic (exact) mass is 335 g/mol. The van der Waals surface area contributed by atoms with Crippen molar-refractivity contribution in [3.05, 3.63) is 35.6 Å². The number of hydrogen-bond donors (Lipinski definition) is 2. The predicted octanol–water partition coefficient (Wildman–Crippen LogP) is 1.81. The lowest BCUT2D eigenvalue weighted by Gasteiger charge is -2.30. The number of hydrogen-bond acceptors (Lipinski definition) is 3. The van der Waals surface area contributed by atoms with Crippen LogP contribution in [0.4, 0.5) is 4.39 Å². The molecule has 0 aromatic heterocycles. The summed E-state index contributed by atoms with van der Waals surface area (Å²) in [4.78, 5) is 26.3. The predicted molar refractivity (Wildman–Crippen MR) is 90.4 cm³/mol. The van der Waals surface area contributed by atoms with Gasteiger partial charge in [0.25, 0.3) is 0 Å². The van der Waals surface area contributed by atoms with Gasteiger partial charge in [0, 0.05) is 25.0 Å². The highest BCUT2D eigenvalue weighted by atomic mass is 19.1. The lowest BCUT2D eigenvalue weighted by molar-refractivity contribution is -0.140. The van der Waals surface area contributed by atoms with Gasteiger partial charge in [0.15, 0.2) is 0 Å². The van der Waals surface area contributed by atoms with E-state index in [-0.39, 0.29) is 36.1 Å². The van der Waals surface area contributed by atoms with Gasteiger partial charge in [0.05, 0.1) is 6.54 Å². The molecule has 2 unspecified atom stereocenters. The Hall–Kier alpha value is -1.95. The van der Waals surface area contributed by atoms with Gasteiger partial charge in [-0.25, -0.2) is 4.39 Å². The van der Waals surface area contributed by atoms with Crippen molar-refractivity contribution in [1.82, 2.24) is 10.2 Å². The molecule has 1 aliphatic carbocycles. The lowest BCUT2D eigenvalue weighted by Crippen LogP contribution is -2.45. The van der Waals surface area contributed by atoms with Gasteiger partial charge in [-0.2, -0.15) is 0 Å². The van der Waals surface area contributed by atoms with Crippen molar-refractivity contribution in [1.29, 1.82) is 0 Å². The molecule has 0 saturated heterocycles. The van der Waals surface area contributed by atoms with Gasteiger partial charge in [-0.05, 0) is 43.9 Å². The normalized spacial score (nSPS) is 20.5. The number of carbonyl (C=O) groups is 2. The average Bonchev–Trinajstić information content (AvgIpc) is 2.58. The second-order valence-electron chi connectivity index (χ2n) is 6.38. The molecule has 24 heavy (non-hydrogen) atoms. The molecule has 0 aliphatic heterocycles. The highest BCUT2D eigenvalue weighted by molar-refractivity contribution is 5.86. The minimum atomic E-state index is -0.307. The van der Waals surface area contributed by atoms with Crippen LogP contribution in [0.25, 0.3) is 0 Å². The van der Waals surface area contributed by atoms with Crippen molar-refractivity contribution in [2.24, 2.45) is 11.7 Å². The van der Waals surface area contributed by atoms with Gasteiger partial charge in [0.1, 0.15) is 5.82 Å². The Morgan fingerprint density at radius 2 is 2.00 bits per heavy atom. The molecule has 0 spiro atoms. The molecule has 0 heterocycles. The van der Waals surface area contributed by atoms with E-state index in [2.05, 4.69) is 5.32 Å². The molecule has 2 atom stereocenters. The summed E-state index contributed by atoms with van der Waals surface area (Å²) in [6.45, 7) is 2.73. The Kier molecular flexibility index (Phi) is 6.73. The maximum atomic E-state index is 12.9. The SMILES string of the molecule is CCN(CC(=O)NCc1ccc(F)cc1)C(=O)C1CCCC(N)C1. The zero-order valence-electron chi connectivity index (χ0n) is 14.1. The number of benzene rings is 1. The third-order valence-corrected chi connectivity index (χ3v) is 4.49. The van der Waals surface area contributed by atoms with E-state index in [9.17, 15) is 14.0 Å². The van der Waals surface area contributed by atoms with E-state index in [4.69, 9.17) is 5.73 Å². The minimum absolute atomic E-state index is 0.0181. The molecule has 5 nitrogen and oxygen atoms in total. The molecule has 3 N–H and O–H groups in total. The molecular weight excluding hydrogens is 309 g/mol. The number of nitrogens with zero attached hydrogens (tertiary/aromatic N) is 1. The molecule has 2 rings (SSSR count). The van der Waals surface area contributed by atoms with E-state index in [0.717, 1.165) is 24.8 Å². The summed E-state index contributed by atoms with van der Waals surface area (Å²) >= 11 is 0. The van der Waals surface area contributed by atoms with Crippen LogP contribution in [0.3, 0.4) is 0 Å². The lowest BCUT2D eigenvalue weighted by atomic mass is 9.85. The van der Waals surface area contributed by atoms with E-state index < -0.39 is 0 Å². The Balaban J connectivity index is 1.83. The molecular formula is C18H26FN3O2. The molecule has 1 saturated carbocycles. The van der Waals surface area contributed by atoms with Gasteiger partial charge in [-0.15, -0.1) is 0 Å². The first-order valence-corrected chi connectivity index (χ1v) is 8.55. The fourth-order valence-corrected chi connectivity index (χ4v) is 3.09. The summed E-state index contributed by atoms with van der Waals surface area (Å²) in [7, 11) is 0. The highest BCUT2D eigenvalue weighted by Gasteiger charge is 2.29. The Morgan fingerprint density at radius 3 is 2.62 bits per heavy atom. The van der Waals surface area contributed by atoms with Gasteiger partial charge in [0.2, 0.25) is 11.8 Å². The molecule has 1 aromatic rings. The first-order valence-electron chi connectivity index (χ1n) is 8.55. The smallest absolute Gasteiger partial charge is 0.239 e. The van der Waals surface area contributed by atoms with E-state index in [0.29, 0.717) is 19.5 Å². The molecule has 1 aliphatic rings. The van der Waals surface area contributed by atoms with Crippen molar-refractivity contribution in [2.45, 2.75) is 45.2 Å². The van der Waals surface area contributed by atoms with Crippen LogP contribution in [-0.4, -0.2) is 35.8 Å². The van der Waals surface area contributed by atoms with E-state index in [1.165, 1.54) is 12.1 Å². The van der Waals surface area contributed by atoms with E-state index >= 15 is 0 Å². The summed E-state index contributed by atoms with van der Waals surface area (Å²) in [5.41, 5.74) is 6.77. The number of likely N-dealkylation sites (N-methyl/N-ethyl adjacent to an activating group) is 1. The van der Waals surface area contributed by atoms with E-state index in [1.807, 2.05) is 6.92 Å². The number of nitrogens with one attached hydrogen (secondary N) is 1. The fraction of sp³-hybridized carbons (Fsp3) is 0.556. The number of halogens is 1. The third-order valence-electron chi connectivity index (χ3n) is 4.49. The summed E-state index contributed by atoms with van der Waals surface area (Å²) in [5.74, 6) is -0.573. The van der Waals surface area contributed by atoms with Crippen LogP contribution in [0.2, 0.25) is 0 Å². The van der Waals surface area contributed by atoms with Crippen LogP contribution in [0.15, 0.2) is 24.3 Å². The van der Waals surface area contributed by atoms with Crippen molar-refractivity contribution in [3.8, 4) is 0 Å². The fourth-order valence-electron chi connectivity index (χ4n) is 3.09. The summed E-state index contributed by atoms with van der Waals surface area (Å²) in [6.07, 6.45) is 3.48. The van der Waals surface area contributed by atoms with Crippen LogP contribution >= 0.6 is 0 Å². The Labute approximate surface area is 142 Å². The zero-order chi connectivity index (χ0) is 17.5. The second kappa shape index (κ2) is 8.78. The number of nitrogens with two attached hydrogens (primary N) is 1. The molecule has 0 radical (unpaired) electrons. The summed E-state index contributed by atoms with van der Waals surface area (Å²) in [6, 6.07) is 6.05. The number of carbonyl (C=O) groups excluding carboxylic acids is 2. The maximum Gasteiger partial charge on any atom is 0.239 e. The average molecular weight is 335 g/mol. The standard InChI is InChI=1S/C18H26FN3O2/c1-2-22(18(24)14-4-3-5-16(20)10-14)12-17(23)21-11-13-6-8-15(19)9-7-13/h6-9,14,16H,2-5,10-12,20H2,1H3,(H,21,23). The Bertz CT molecular complexity index is 562. The number of amides is 2. The van der Waals surface area contributed by atoms with Gasteiger partial charge < -0.3 is 16.0 Å². The van der Waals surface area contributed by atoms with Crippen LogP contribution in [0.5, 0.6) is 0 Å². The first kappa shape index (κ1) is 18.4. The van der Waals surface area contributed by atoms with Crippen molar-refractivity contribution in [3.63, 3.8) is 0 Å². The summed E-state index contributed by atoms with van der Waals surface area (Å²) in [5, 5.41) is 2.77. The molecule has 132 valence electrons. The maximum absolute atomic E-state index is 12.9. The third kappa shape index (κ3) is 5.30. The van der Waals surface area contributed by atoms with Gasteiger partial charge >= 0.3 is 0 Å². The molecule has 6 heteroatoms. The van der Waals surface area contributed by atoms with Crippen LogP contribution in [0, 0.1) is 11.7 Å². The van der Waals surface area contributed by atoms with Crippen LogP contribution in [0.1, 0.15) is 38.2 Å². The highest BCUT2D eigenvalue weighted by Crippen LogP contribution is 2.24. The summed E-state index contributed by atoms with van der Waals surface area (Å²) < 4.78 is 12.9. The van der Waals surface area contributed by atoms with Crippen molar-refractivity contribution in [2.75, 3.05) is 13.1 Å². The first-order chi connectivity index (χ1) is 11.5. The largest absolute Gasteiger partial charge is 0.350 e. The minimum Gasteiger partial charge on any atom is -0.350 e. The molecule has 0 bridgehead atoms. The molecule has 1 aromatic carbocycles. The van der Waals surface area contributed by atoms with Gasteiger partial charge in [-0.3, -0.25) is 9.59 Å². The van der Waals surface area contributed by atoms with Crippen molar-refractivity contribution < 1.29 is 14.0 Å². The number of rotatable bonds is 6. The molecule has 2 amide bonds. The van der Waals surface area contributed by atoms with E-state index in [1.54, 1.807) is 17.0 Å². The van der Waals surface area contributed by atoms with Gasteiger partial charge in [-0.1, -0.05) is 18.6 Å². The zero-order valence-corrected chi connectivity index (χ0v) is 14.1.